The minimum absolute atomic E-state index is 0.0109. The van der Waals surface area contributed by atoms with Gasteiger partial charge in [-0.3, -0.25) is 9.69 Å². The number of amides is 1. The van der Waals surface area contributed by atoms with Gasteiger partial charge in [-0.05, 0) is 48.9 Å². The van der Waals surface area contributed by atoms with Crippen molar-refractivity contribution in [3.63, 3.8) is 0 Å². The van der Waals surface area contributed by atoms with Crippen LogP contribution < -0.4 is 10.5 Å². The number of nitrogen functional groups attached to an aromatic ring is 1. The van der Waals surface area contributed by atoms with Crippen LogP contribution in [0.3, 0.4) is 0 Å². The van der Waals surface area contributed by atoms with Gasteiger partial charge in [-0.1, -0.05) is 12.1 Å². The molecule has 5 rings (SSSR count). The molecule has 0 bridgehead atoms. The van der Waals surface area contributed by atoms with Gasteiger partial charge in [0.2, 0.25) is 0 Å². The number of halogens is 3. The monoisotopic (exact) mass is 554 g/mol. The molecule has 9 nitrogen and oxygen atoms in total. The summed E-state index contributed by atoms with van der Waals surface area (Å²) >= 11 is 0. The van der Waals surface area contributed by atoms with Gasteiger partial charge in [-0.15, -0.1) is 0 Å². The highest BCUT2D eigenvalue weighted by molar-refractivity contribution is 6.00. The van der Waals surface area contributed by atoms with Crippen LogP contribution in [0.1, 0.15) is 33.2 Å². The molecule has 0 saturated carbocycles. The number of hydrogen-bond acceptors (Lipinski definition) is 7. The first kappa shape index (κ1) is 27.4. The first-order valence-corrected chi connectivity index (χ1v) is 12.7. The van der Waals surface area contributed by atoms with Crippen LogP contribution in [0, 0.1) is 6.92 Å². The highest BCUT2D eigenvalue weighted by Crippen LogP contribution is 2.37. The number of hydrogen-bond donors (Lipinski definition) is 2. The van der Waals surface area contributed by atoms with Crippen molar-refractivity contribution in [2.45, 2.75) is 19.1 Å². The molecule has 1 aliphatic heterocycles. The molecule has 1 fully saturated rings. The number of ether oxygens (including phenoxy) is 1. The van der Waals surface area contributed by atoms with E-state index in [1.54, 1.807) is 35.2 Å². The highest BCUT2D eigenvalue weighted by atomic mass is 19.4. The summed E-state index contributed by atoms with van der Waals surface area (Å²) in [5, 5.41) is 14.0. The molecule has 1 amide bonds. The van der Waals surface area contributed by atoms with E-state index < -0.39 is 17.8 Å². The third kappa shape index (κ3) is 5.07. The van der Waals surface area contributed by atoms with Crippen LogP contribution in [0.4, 0.5) is 18.9 Å². The molecular formula is C28H29F3N6O3. The Bertz CT molecular complexity index is 1530. The zero-order valence-corrected chi connectivity index (χ0v) is 22.0. The fraction of sp³-hybridized carbons (Fsp3) is 0.321. The molecular weight excluding hydrogens is 525 g/mol. The van der Waals surface area contributed by atoms with Crippen molar-refractivity contribution in [1.29, 1.82) is 0 Å². The Morgan fingerprint density at radius 2 is 1.82 bits per heavy atom. The number of anilines is 1. The Morgan fingerprint density at radius 1 is 1.12 bits per heavy atom. The average molecular weight is 555 g/mol. The van der Waals surface area contributed by atoms with Crippen LogP contribution in [0.5, 0.6) is 5.75 Å². The number of benzene rings is 2. The molecule has 2 aromatic heterocycles. The quantitative estimate of drug-likeness (QED) is 0.349. The molecule has 3 heterocycles. The number of fused-ring (bicyclic) bond motifs is 1. The van der Waals surface area contributed by atoms with Crippen LogP contribution in [0.25, 0.3) is 16.9 Å². The van der Waals surface area contributed by atoms with Gasteiger partial charge in [-0.2, -0.15) is 18.3 Å². The first-order valence-electron chi connectivity index (χ1n) is 12.7. The van der Waals surface area contributed by atoms with Crippen molar-refractivity contribution < 1.29 is 27.8 Å². The second-order valence-electron chi connectivity index (χ2n) is 9.65. The lowest BCUT2D eigenvalue weighted by Crippen LogP contribution is -2.50. The summed E-state index contributed by atoms with van der Waals surface area (Å²) in [5.41, 5.74) is 6.67. The van der Waals surface area contributed by atoms with Gasteiger partial charge >= 0.3 is 6.18 Å². The third-order valence-corrected chi connectivity index (χ3v) is 7.26. The molecule has 12 heteroatoms. The highest BCUT2D eigenvalue weighted by Gasteiger charge is 2.39. The van der Waals surface area contributed by atoms with E-state index in [1.807, 2.05) is 18.2 Å². The molecule has 0 unspecified atom stereocenters. The Labute approximate surface area is 228 Å². The fourth-order valence-corrected chi connectivity index (χ4v) is 5.19. The molecule has 1 atom stereocenters. The van der Waals surface area contributed by atoms with Crippen molar-refractivity contribution in [3.05, 3.63) is 77.1 Å². The smallest absolute Gasteiger partial charge is 0.433 e. The SMILES string of the molecule is COc1ccc(-c2nc3c(C(=O)N4CCN([C@@H](CO)c5cccc(N)c5)CC4)cnn3c(C(F)(F)F)c2C)cc1. The number of nitrogens with two attached hydrogens (primary N) is 1. The molecule has 3 N–H and O–H groups in total. The lowest BCUT2D eigenvalue weighted by Gasteiger charge is -2.38. The second-order valence-corrected chi connectivity index (χ2v) is 9.65. The van der Waals surface area contributed by atoms with Gasteiger partial charge < -0.3 is 20.5 Å². The maximum atomic E-state index is 14.2. The Morgan fingerprint density at radius 3 is 2.42 bits per heavy atom. The summed E-state index contributed by atoms with van der Waals surface area (Å²) in [7, 11) is 1.50. The zero-order valence-electron chi connectivity index (χ0n) is 22.0. The van der Waals surface area contributed by atoms with Crippen molar-refractivity contribution in [3.8, 4) is 17.0 Å². The van der Waals surface area contributed by atoms with E-state index >= 15 is 0 Å². The van der Waals surface area contributed by atoms with Crippen molar-refractivity contribution in [2.75, 3.05) is 45.6 Å². The molecule has 0 radical (unpaired) electrons. The minimum Gasteiger partial charge on any atom is -0.497 e. The van der Waals surface area contributed by atoms with E-state index in [-0.39, 0.29) is 35.1 Å². The number of carbonyl (C=O) groups excluding carboxylic acids is 1. The van der Waals surface area contributed by atoms with Crippen LogP contribution in [0.2, 0.25) is 0 Å². The molecule has 1 aliphatic rings. The van der Waals surface area contributed by atoms with Gasteiger partial charge in [0.15, 0.2) is 11.3 Å². The van der Waals surface area contributed by atoms with Crippen molar-refractivity contribution >= 4 is 17.2 Å². The van der Waals surface area contributed by atoms with Crippen LogP contribution in [-0.2, 0) is 6.18 Å². The van der Waals surface area contributed by atoms with E-state index in [0.717, 1.165) is 11.8 Å². The molecule has 0 spiro atoms. The van der Waals surface area contributed by atoms with E-state index in [1.165, 1.54) is 14.0 Å². The largest absolute Gasteiger partial charge is 0.497 e. The number of alkyl halides is 3. The molecule has 2 aromatic carbocycles. The van der Waals surface area contributed by atoms with E-state index in [4.69, 9.17) is 10.5 Å². The van der Waals surface area contributed by atoms with Crippen molar-refractivity contribution in [2.24, 2.45) is 0 Å². The predicted octanol–water partition coefficient (Wildman–Crippen LogP) is 3.81. The third-order valence-electron chi connectivity index (χ3n) is 7.26. The fourth-order valence-electron chi connectivity index (χ4n) is 5.19. The zero-order chi connectivity index (χ0) is 28.6. The first-order chi connectivity index (χ1) is 19.1. The number of nitrogens with zero attached hydrogens (tertiary/aromatic N) is 5. The number of aliphatic hydroxyl groups is 1. The maximum Gasteiger partial charge on any atom is 0.433 e. The molecule has 40 heavy (non-hydrogen) atoms. The lowest BCUT2D eigenvalue weighted by atomic mass is 10.0. The van der Waals surface area contributed by atoms with Gasteiger partial charge in [0, 0.05) is 43.0 Å². The maximum absolute atomic E-state index is 14.2. The standard InChI is InChI=1S/C28H29F3N6O3/c1-17-24(18-6-8-21(40-2)9-7-18)34-26-22(15-33-37(26)25(17)28(29,30)31)27(39)36-12-10-35(11-13-36)23(16-38)19-4-3-5-20(32)14-19/h3-9,14-15,23,38H,10-13,16,32H2,1-2H3/t23-/m0/s1. The second kappa shape index (κ2) is 10.8. The Hall–Kier alpha value is -4.16. The number of carbonyl (C=O) groups is 1. The summed E-state index contributed by atoms with van der Waals surface area (Å²) in [6, 6.07) is 13.5. The summed E-state index contributed by atoms with van der Waals surface area (Å²) in [4.78, 5) is 21.7. The van der Waals surface area contributed by atoms with Crippen molar-refractivity contribution in [1.82, 2.24) is 24.4 Å². The van der Waals surface area contributed by atoms with Gasteiger partial charge in [0.05, 0.1) is 31.6 Å². The summed E-state index contributed by atoms with van der Waals surface area (Å²) in [6.07, 6.45) is -3.59. The predicted molar refractivity (Wildman–Crippen MR) is 143 cm³/mol. The molecule has 4 aromatic rings. The number of aromatic nitrogens is 3. The van der Waals surface area contributed by atoms with Crippen LogP contribution >= 0.6 is 0 Å². The average Bonchev–Trinajstić information content (AvgIpc) is 3.35. The van der Waals surface area contributed by atoms with Gasteiger partial charge in [0.25, 0.3) is 5.91 Å². The lowest BCUT2D eigenvalue weighted by molar-refractivity contribution is -0.143. The molecule has 1 saturated heterocycles. The normalized spacial score (nSPS) is 15.4. The Kier molecular flexibility index (Phi) is 7.39. The van der Waals surface area contributed by atoms with E-state index in [2.05, 4.69) is 15.0 Å². The topological polar surface area (TPSA) is 109 Å². The number of rotatable bonds is 6. The van der Waals surface area contributed by atoms with E-state index in [0.29, 0.717) is 47.7 Å². The summed E-state index contributed by atoms with van der Waals surface area (Å²) in [5.74, 6) is 0.0985. The van der Waals surface area contributed by atoms with E-state index in [9.17, 15) is 23.1 Å². The Balaban J connectivity index is 1.45. The van der Waals surface area contributed by atoms with Crippen LogP contribution in [0.15, 0.2) is 54.7 Å². The molecule has 210 valence electrons. The summed E-state index contributed by atoms with van der Waals surface area (Å²) < 4.78 is 48.6. The number of piperazine rings is 1. The van der Waals surface area contributed by atoms with Crippen LogP contribution in [-0.4, -0.2) is 75.3 Å². The summed E-state index contributed by atoms with van der Waals surface area (Å²) in [6.45, 7) is 2.78. The number of aliphatic hydroxyl groups excluding tert-OH is 1. The minimum atomic E-state index is -4.73. The van der Waals surface area contributed by atoms with Gasteiger partial charge in [0.1, 0.15) is 11.3 Å². The molecule has 0 aliphatic carbocycles. The van der Waals surface area contributed by atoms with Gasteiger partial charge in [-0.25, -0.2) is 9.50 Å². The number of methoxy groups -OCH3 is 1.